The number of pyridine rings is 1. The number of nitrogens with zero attached hydrogens (tertiary/aromatic N) is 16. The maximum Gasteiger partial charge on any atom is 0.418 e. The number of carbonyl (C=O) groups is 4. The van der Waals surface area contributed by atoms with E-state index < -0.39 is 53.9 Å². The zero-order valence-electron chi connectivity index (χ0n) is 80.4. The number of piperidine rings is 1. The number of nitrogen functional groups attached to an aromatic ring is 2. The molecule has 14 aromatic rings. The fraction of sp³-hybridized carbons (Fsp3) is 0.323. The Kier molecular flexibility index (Phi) is 37.8. The molecule has 148 heavy (non-hydrogen) atoms. The molecule has 5 saturated heterocycles. The van der Waals surface area contributed by atoms with E-state index in [-0.39, 0.29) is 109 Å². The van der Waals surface area contributed by atoms with Gasteiger partial charge in [0.1, 0.15) is 29.7 Å². The van der Waals surface area contributed by atoms with Gasteiger partial charge in [0.15, 0.2) is 22.0 Å². The molecule has 0 radical (unpaired) electrons. The minimum Gasteiger partial charge on any atom is -0.768 e. The lowest BCUT2D eigenvalue weighted by Gasteiger charge is -2.37. The second-order valence-electron chi connectivity index (χ2n) is 34.9. The summed E-state index contributed by atoms with van der Waals surface area (Å²) in [5.41, 5.74) is 17.4. The monoisotopic (exact) mass is 2230 g/mol. The first-order chi connectivity index (χ1) is 71.1. The number of sulfonamides is 2. The van der Waals surface area contributed by atoms with Crippen molar-refractivity contribution < 1.29 is 89.0 Å². The highest BCUT2D eigenvalue weighted by molar-refractivity contribution is 7.93. The number of methoxy groups -OCH3 is 1. The average molecular weight is 2230 g/mol. The number of nitrogens with two attached hydrogens (primary N) is 2. The molecule has 6 aliphatic heterocycles. The maximum atomic E-state index is 13.2. The fourth-order valence-corrected chi connectivity index (χ4v) is 23.1. The Morgan fingerprint density at radius 3 is 1.85 bits per heavy atom. The third-order valence-electron chi connectivity index (χ3n) is 25.3. The first kappa shape index (κ1) is 110. The van der Waals surface area contributed by atoms with Crippen molar-refractivity contribution in [2.45, 2.75) is 122 Å². The predicted octanol–water partition coefficient (Wildman–Crippen LogP) is 16.7. The number of para-hydroxylation sites is 1. The van der Waals surface area contributed by atoms with Crippen molar-refractivity contribution in [3.8, 4) is 11.5 Å². The van der Waals surface area contributed by atoms with Crippen LogP contribution >= 0.6 is 68.9 Å². The fourth-order valence-electron chi connectivity index (χ4n) is 17.8. The first-order valence-electron chi connectivity index (χ1n) is 47.1. The molecule has 4 amide bonds. The van der Waals surface area contributed by atoms with E-state index in [0.29, 0.717) is 72.7 Å². The molecule has 8 N–H and O–H groups in total. The summed E-state index contributed by atoms with van der Waals surface area (Å²) in [6.07, 6.45) is 8.86. The number of carbonyl (C=O) groups excluding carboxylic acids is 4. The number of ether oxygens (including phenoxy) is 2. The Morgan fingerprint density at radius 2 is 1.25 bits per heavy atom. The van der Waals surface area contributed by atoms with Gasteiger partial charge in [-0.1, -0.05) is 41.4 Å². The van der Waals surface area contributed by atoms with Crippen molar-refractivity contribution in [3.63, 3.8) is 0 Å². The van der Waals surface area contributed by atoms with E-state index >= 15 is 0 Å². The number of anilines is 9. The van der Waals surface area contributed by atoms with Crippen LogP contribution in [0.4, 0.5) is 62.1 Å². The van der Waals surface area contributed by atoms with Gasteiger partial charge in [0, 0.05) is 259 Å². The third-order valence-corrected chi connectivity index (χ3v) is 32.6. The molecule has 6 aliphatic rings. The Labute approximate surface area is 898 Å². The SMILES string of the molecule is COc1cccc(CN2CCN(C3CCN(c4ccc(S(=O)[O-])cc4)C3=O)CC2)c1.C[C@H](C(=O)N[C@@H]1CCN(c2ccc(S(=O)(=O)Nc3ncns3)cc2)C1)N1CCCc2cc(Cl)ccc21.Cc1nsc(N)n1.Nc1nccs1.O=C(CCn1ccc2cc(Cl)ccc21)NC1CCN(c2ccc(S(=O)(=O)Nc3nccs3)cc2)CC1.O=C(COc1ccnc2c(C(F)(F)F)cccc12)N1CCN(c2ccc(S(=O)[O-])cc2)CC1.[HH].[HH].[HH].[HH].[HH].[HH].[HH].[HH].[HH]. The van der Waals surface area contributed by atoms with Crippen LogP contribution in [-0.2, 0) is 87.1 Å². The van der Waals surface area contributed by atoms with Gasteiger partial charge in [0.05, 0.1) is 34.0 Å². The van der Waals surface area contributed by atoms with E-state index in [0.717, 1.165) is 171 Å². The van der Waals surface area contributed by atoms with Gasteiger partial charge >= 0.3 is 6.18 Å². The van der Waals surface area contributed by atoms with Crippen LogP contribution in [0, 0.1) is 6.92 Å². The summed E-state index contributed by atoms with van der Waals surface area (Å²) in [4.78, 5) is 87.9. The largest absolute Gasteiger partial charge is 0.768 e. The molecule has 20 rings (SSSR count). The molecule has 5 atom stereocenters. The van der Waals surface area contributed by atoms with Gasteiger partial charge < -0.3 is 74.6 Å². The van der Waals surface area contributed by atoms with Crippen LogP contribution in [0.5, 0.6) is 11.5 Å². The molecule has 5 fully saturated rings. The van der Waals surface area contributed by atoms with Crippen molar-refractivity contribution >= 4 is 206 Å². The second-order valence-corrected chi connectivity index (χ2v) is 44.4. The molecule has 36 nitrogen and oxygen atoms in total. The molecule has 800 valence electrons. The van der Waals surface area contributed by atoms with Crippen LogP contribution in [0.25, 0.3) is 21.8 Å². The van der Waals surface area contributed by atoms with Crippen LogP contribution in [0.15, 0.2) is 250 Å². The number of amides is 4. The lowest BCUT2D eigenvalue weighted by Crippen LogP contribution is -2.52. The lowest BCUT2D eigenvalue weighted by atomic mass is 10.00. The summed E-state index contributed by atoms with van der Waals surface area (Å²) < 4.78 is 159. The molecular weight excluding hydrogens is 2110 g/mol. The van der Waals surface area contributed by atoms with Crippen molar-refractivity contribution in [2.24, 2.45) is 0 Å². The van der Waals surface area contributed by atoms with Crippen molar-refractivity contribution in [3.05, 3.63) is 262 Å². The summed E-state index contributed by atoms with van der Waals surface area (Å²) in [5, 5.41) is 14.4. The molecule has 0 spiro atoms. The van der Waals surface area contributed by atoms with Crippen molar-refractivity contribution in [2.75, 3.05) is 151 Å². The van der Waals surface area contributed by atoms with Gasteiger partial charge in [-0.05, 0) is 256 Å². The second kappa shape index (κ2) is 51.1. The highest BCUT2D eigenvalue weighted by Gasteiger charge is 2.40. The van der Waals surface area contributed by atoms with E-state index in [4.69, 9.17) is 44.1 Å². The molecule has 3 unspecified atom stereocenters. The Morgan fingerprint density at radius 1 is 0.628 bits per heavy atom. The number of aromatic nitrogens is 8. The van der Waals surface area contributed by atoms with E-state index in [1.54, 1.807) is 95.3 Å². The summed E-state index contributed by atoms with van der Waals surface area (Å²) in [7, 11) is -5.71. The number of hydrogen-bond acceptors (Lipinski definition) is 33. The molecular formula is C99H125Cl2F3N22O14S8-2. The number of thiazole rings is 2. The maximum absolute atomic E-state index is 13.2. The Bertz CT molecular complexity index is 7140. The summed E-state index contributed by atoms with van der Waals surface area (Å²) >= 11 is 12.6. The number of halogens is 5. The number of fused-ring (bicyclic) bond motifs is 3. The number of hydrogen-bond donors (Lipinski definition) is 6. The number of alkyl halides is 3. The number of benzene rings is 8. The van der Waals surface area contributed by atoms with Crippen LogP contribution in [0.2, 0.25) is 10.0 Å². The summed E-state index contributed by atoms with van der Waals surface area (Å²) in [6.45, 7) is 15.0. The van der Waals surface area contributed by atoms with Gasteiger partial charge in [-0.25, -0.2) is 36.8 Å². The highest BCUT2D eigenvalue weighted by atomic mass is 35.5. The Balaban J connectivity index is 0.000000300. The van der Waals surface area contributed by atoms with Crippen LogP contribution < -0.4 is 65.5 Å². The standard InChI is InChI=1S/C25H26ClN5O3S2.C24H27ClN6O3S2.C22H20F3N3O4S.C22H27N3O4S.C3H5N3S.C3H4N2S.9H2/c26-19-1-6-23-18(17-19)7-12-31(23)15-10-24(32)28-20-8-13-30(14-9-20)21-2-4-22(5-3-21)36(33,34)29-25-27-11-16-35-25;1-16(31-11-2-3-17-13-18(25)4-9-22(17)31)23(32)28-19-10-12-30(14-19)20-5-7-21(8-6-20)36(33,34)29-24-26-15-27-35-24;23-22(24,25)18-3-1-2-17-19(8-9-26-21(17)18)32-14-20(29)28-12-10-27(11-13-28)15-4-6-16(7-5-15)33(30)31;1-29-19-4-2-3-17(15-19)16-23-11-13-24(14-12-23)21-9-10-25(22(21)26)18-5-7-20(8-6-18)30(27)28;1-2-5-3(4)7-6-2;4-3-5-1-2-6-3;;;;;;;;;/h1-7,11-12,16-17,20H,8-10,13-15H2,(H,27,29)(H,28,32);4-9,13,15-16,19H,2-3,10-12,14H2,1H3,(H,28,32)(H,26,27,29);1-9H,10-14H2,(H,30,31);2-8,15,21H,9-14,16H2,1H3,(H,27,28);1H3,(H2,4,5,6);1-2H,(H2,4,5);9*1H/p-2/t;16-,19-;;;;;;;;;;;;;/m.1............./s1. The van der Waals surface area contributed by atoms with Crippen LogP contribution in [0.3, 0.4) is 0 Å². The van der Waals surface area contributed by atoms with E-state index in [9.17, 15) is 66.7 Å². The number of rotatable bonds is 26. The highest BCUT2D eigenvalue weighted by Crippen LogP contribution is 2.39. The van der Waals surface area contributed by atoms with Gasteiger partial charge in [-0.2, -0.15) is 21.9 Å². The Hall–Kier alpha value is -12.6. The van der Waals surface area contributed by atoms with Gasteiger partial charge in [-0.3, -0.25) is 51.8 Å². The molecule has 6 aromatic heterocycles. The zero-order valence-corrected chi connectivity index (χ0v) is 88.4. The van der Waals surface area contributed by atoms with E-state index in [1.807, 2.05) is 97.1 Å². The average Bonchev–Trinajstić information content (AvgIpc) is 1.79. The van der Waals surface area contributed by atoms with E-state index in [1.165, 1.54) is 100 Å². The normalized spacial score (nSPS) is 16.8. The number of aryl methyl sites for hydroxylation is 3. The molecule has 0 bridgehead atoms. The number of nitrogens with one attached hydrogen (secondary N) is 4. The molecule has 8 aromatic carbocycles. The molecule has 0 aliphatic carbocycles. The smallest absolute Gasteiger partial charge is 0.418 e. The first-order valence-corrected chi connectivity index (χ1v) is 56.2. The third kappa shape index (κ3) is 29.7. The zero-order chi connectivity index (χ0) is 105. The van der Waals surface area contributed by atoms with E-state index in [2.05, 4.69) is 94.9 Å². The number of piperazine rings is 2. The van der Waals surface area contributed by atoms with Crippen molar-refractivity contribution in [1.82, 2.24) is 63.6 Å². The summed E-state index contributed by atoms with van der Waals surface area (Å²) in [5.74, 6) is 1.67. The summed E-state index contributed by atoms with van der Waals surface area (Å²) in [6, 6.07) is 53.3. The molecule has 0 saturated carbocycles. The predicted molar refractivity (Wildman–Crippen MR) is 590 cm³/mol. The van der Waals surface area contributed by atoms with Gasteiger partial charge in [-0.15, -0.1) is 22.7 Å². The van der Waals surface area contributed by atoms with Crippen LogP contribution in [0.1, 0.15) is 80.8 Å². The van der Waals surface area contributed by atoms with Gasteiger partial charge in [0.25, 0.3) is 26.0 Å². The topological polar surface area (TPSA) is 457 Å². The molecule has 12 heterocycles. The lowest BCUT2D eigenvalue weighted by molar-refractivity contribution is -0.136. The quantitative estimate of drug-likeness (QED) is 0.0274. The minimum atomic E-state index is -4.55. The van der Waals surface area contributed by atoms with Crippen molar-refractivity contribution in [1.29, 1.82) is 0 Å². The van der Waals surface area contributed by atoms with Crippen LogP contribution in [-0.4, -0.2) is 240 Å². The minimum absolute atomic E-state index is 0. The molecule has 49 heteroatoms. The van der Waals surface area contributed by atoms with Gasteiger partial charge in [0.2, 0.25) is 22.9 Å².